The second-order valence-corrected chi connectivity index (χ2v) is 12.9. The van der Waals surface area contributed by atoms with E-state index in [-0.39, 0.29) is 12.1 Å². The zero-order valence-electron chi connectivity index (χ0n) is 24.8. The molecule has 10 heteroatoms. The monoisotopic (exact) mass is 580 g/mol. The molecule has 2 atom stereocenters. The molecular weight excluding hydrogens is 544 g/mol. The van der Waals surface area contributed by atoms with E-state index in [4.69, 9.17) is 19.2 Å². The first-order valence-electron chi connectivity index (χ1n) is 15.2. The van der Waals surface area contributed by atoms with Crippen LogP contribution in [0.1, 0.15) is 81.3 Å². The van der Waals surface area contributed by atoms with Crippen molar-refractivity contribution in [3.63, 3.8) is 0 Å². The van der Waals surface area contributed by atoms with E-state index in [1.165, 1.54) is 6.42 Å². The number of H-pyrrole nitrogens is 2. The minimum Gasteiger partial charge on any atom is -0.488 e. The Kier molecular flexibility index (Phi) is 6.04. The molecule has 0 bridgehead atoms. The van der Waals surface area contributed by atoms with Crippen LogP contribution in [-0.4, -0.2) is 49.6 Å². The molecule has 222 valence electrons. The van der Waals surface area contributed by atoms with Gasteiger partial charge < -0.3 is 29.5 Å². The number of hydrogen-bond donors (Lipinski definition) is 3. The Morgan fingerprint density at radius 1 is 0.884 bits per heavy atom. The highest BCUT2D eigenvalue weighted by Gasteiger charge is 2.35. The van der Waals surface area contributed by atoms with Crippen molar-refractivity contribution in [1.82, 2.24) is 30.2 Å². The number of hydrogen-bond acceptors (Lipinski definition) is 7. The molecule has 2 saturated heterocycles. The maximum atomic E-state index is 12.9. The molecule has 4 aliphatic rings. The van der Waals surface area contributed by atoms with Crippen LogP contribution < -0.4 is 14.8 Å². The minimum atomic E-state index is -0.541. The van der Waals surface area contributed by atoms with Crippen molar-refractivity contribution in [2.24, 2.45) is 0 Å². The van der Waals surface area contributed by atoms with Gasteiger partial charge in [0.25, 0.3) is 0 Å². The van der Waals surface area contributed by atoms with Crippen LogP contribution in [0.3, 0.4) is 0 Å². The van der Waals surface area contributed by atoms with E-state index < -0.39 is 5.60 Å². The molecule has 1 amide bonds. The lowest BCUT2D eigenvalue weighted by molar-refractivity contribution is 0.0218. The number of likely N-dealkylation sites (tertiary alicyclic amines) is 1. The zero-order chi connectivity index (χ0) is 29.3. The maximum absolute atomic E-state index is 12.9. The molecule has 0 saturated carbocycles. The number of ether oxygens (including phenoxy) is 3. The van der Waals surface area contributed by atoms with Crippen molar-refractivity contribution in [1.29, 1.82) is 0 Å². The average Bonchev–Trinajstić information content (AvgIpc) is 3.80. The molecule has 6 heterocycles. The van der Waals surface area contributed by atoms with Gasteiger partial charge in [-0.25, -0.2) is 14.8 Å². The van der Waals surface area contributed by atoms with Gasteiger partial charge in [0.2, 0.25) is 0 Å². The van der Waals surface area contributed by atoms with E-state index in [1.807, 2.05) is 33.2 Å². The largest absolute Gasteiger partial charge is 0.488 e. The van der Waals surface area contributed by atoms with Crippen molar-refractivity contribution in [3.8, 4) is 45.1 Å². The molecule has 3 N–H and O–H groups in total. The summed E-state index contributed by atoms with van der Waals surface area (Å²) in [5.41, 5.74) is 7.76. The lowest BCUT2D eigenvalue weighted by Crippen LogP contribution is -2.36. The van der Waals surface area contributed by atoms with E-state index >= 15 is 0 Å². The average molecular weight is 581 g/mol. The Balaban J connectivity index is 1.08. The van der Waals surface area contributed by atoms with Gasteiger partial charge >= 0.3 is 6.09 Å². The Morgan fingerprint density at radius 2 is 1.51 bits per heavy atom. The number of benzene rings is 2. The van der Waals surface area contributed by atoms with E-state index in [0.717, 1.165) is 93.7 Å². The highest BCUT2D eigenvalue weighted by molar-refractivity contribution is 5.88. The van der Waals surface area contributed by atoms with Crippen LogP contribution >= 0.6 is 0 Å². The second-order valence-electron chi connectivity index (χ2n) is 12.9. The van der Waals surface area contributed by atoms with Gasteiger partial charge in [-0.05, 0) is 77.3 Å². The summed E-state index contributed by atoms with van der Waals surface area (Å²) < 4.78 is 18.4. The number of amides is 1. The van der Waals surface area contributed by atoms with Crippen LogP contribution in [-0.2, 0) is 18.0 Å². The van der Waals surface area contributed by atoms with Gasteiger partial charge in [-0.3, -0.25) is 4.90 Å². The molecule has 2 aromatic heterocycles. The van der Waals surface area contributed by atoms with Gasteiger partial charge in [-0.2, -0.15) is 0 Å². The van der Waals surface area contributed by atoms with E-state index in [0.29, 0.717) is 25.8 Å². The van der Waals surface area contributed by atoms with E-state index in [9.17, 15) is 4.79 Å². The SMILES string of the molecule is CC(C)(C)OC(=O)N1CCC[C@H]1c1ncc(-c2cc3c4c(c2)OCc2cc(-c5cnc([C@@H]6CCCN6)[nH]5)cc(c2-4)OC3)[nH]1. The zero-order valence-corrected chi connectivity index (χ0v) is 24.8. The third-order valence-corrected chi connectivity index (χ3v) is 8.78. The smallest absolute Gasteiger partial charge is 0.410 e. The summed E-state index contributed by atoms with van der Waals surface area (Å²) in [5.74, 6) is 3.48. The summed E-state index contributed by atoms with van der Waals surface area (Å²) in [6.07, 6.45) is 7.49. The predicted octanol–water partition coefficient (Wildman–Crippen LogP) is 6.42. The summed E-state index contributed by atoms with van der Waals surface area (Å²) in [5, 5.41) is 3.51. The fraction of sp³-hybridized carbons (Fsp3) is 0.424. The topological polar surface area (TPSA) is 117 Å². The summed E-state index contributed by atoms with van der Waals surface area (Å²) in [4.78, 5) is 31.0. The third-order valence-electron chi connectivity index (χ3n) is 8.78. The van der Waals surface area contributed by atoms with Gasteiger partial charge in [0, 0.05) is 39.9 Å². The number of carbonyl (C=O) groups is 1. The van der Waals surface area contributed by atoms with Crippen molar-refractivity contribution in [2.45, 2.75) is 77.4 Å². The Bertz CT molecular complexity index is 1680. The molecule has 2 aromatic carbocycles. The minimum absolute atomic E-state index is 0.136. The first kappa shape index (κ1) is 26.3. The Morgan fingerprint density at radius 3 is 2.12 bits per heavy atom. The number of carbonyl (C=O) groups excluding carboxylic acids is 1. The van der Waals surface area contributed by atoms with Crippen molar-refractivity contribution in [2.75, 3.05) is 13.1 Å². The van der Waals surface area contributed by atoms with Crippen molar-refractivity contribution in [3.05, 3.63) is 59.4 Å². The highest BCUT2D eigenvalue weighted by atomic mass is 16.6. The summed E-state index contributed by atoms with van der Waals surface area (Å²) in [6.45, 7) is 8.27. The molecular formula is C33H36N6O4. The lowest BCUT2D eigenvalue weighted by Gasteiger charge is -2.30. The van der Waals surface area contributed by atoms with Crippen LogP contribution in [0.5, 0.6) is 11.5 Å². The number of rotatable bonds is 4. The van der Waals surface area contributed by atoms with Crippen LogP contribution in [0.4, 0.5) is 4.79 Å². The van der Waals surface area contributed by atoms with Gasteiger partial charge in [0.15, 0.2) is 0 Å². The normalized spacial score (nSPS) is 20.5. The summed E-state index contributed by atoms with van der Waals surface area (Å²) in [6, 6.07) is 8.69. The van der Waals surface area contributed by atoms with Crippen LogP contribution in [0.2, 0.25) is 0 Å². The summed E-state index contributed by atoms with van der Waals surface area (Å²) in [7, 11) is 0. The molecule has 0 radical (unpaired) electrons. The van der Waals surface area contributed by atoms with E-state index in [1.54, 1.807) is 4.90 Å². The Labute approximate surface area is 250 Å². The molecule has 10 nitrogen and oxygen atoms in total. The molecule has 0 spiro atoms. The van der Waals surface area contributed by atoms with Gasteiger partial charge in [-0.1, -0.05) is 0 Å². The fourth-order valence-electron chi connectivity index (χ4n) is 6.81. The van der Waals surface area contributed by atoms with E-state index in [2.05, 4.69) is 44.5 Å². The predicted molar refractivity (Wildman–Crippen MR) is 161 cm³/mol. The quantitative estimate of drug-likeness (QED) is 0.255. The van der Waals surface area contributed by atoms with Crippen LogP contribution in [0.15, 0.2) is 36.7 Å². The van der Waals surface area contributed by atoms with Crippen molar-refractivity contribution < 1.29 is 19.0 Å². The fourth-order valence-corrected chi connectivity index (χ4v) is 6.81. The first-order valence-corrected chi connectivity index (χ1v) is 15.2. The van der Waals surface area contributed by atoms with Crippen LogP contribution in [0.25, 0.3) is 33.6 Å². The summed E-state index contributed by atoms with van der Waals surface area (Å²) >= 11 is 0. The highest BCUT2D eigenvalue weighted by Crippen LogP contribution is 2.51. The molecule has 43 heavy (non-hydrogen) atoms. The maximum Gasteiger partial charge on any atom is 0.410 e. The number of nitrogens with one attached hydrogen (secondary N) is 3. The van der Waals surface area contributed by atoms with Gasteiger partial charge in [-0.15, -0.1) is 0 Å². The first-order chi connectivity index (χ1) is 20.8. The molecule has 4 aromatic rings. The number of nitrogens with zero attached hydrogens (tertiary/aromatic N) is 3. The van der Waals surface area contributed by atoms with Gasteiger partial charge in [0.05, 0.1) is 35.9 Å². The molecule has 4 aliphatic heterocycles. The third kappa shape index (κ3) is 4.64. The number of aromatic amines is 2. The lowest BCUT2D eigenvalue weighted by atomic mass is 9.87. The van der Waals surface area contributed by atoms with Crippen molar-refractivity contribution >= 4 is 6.09 Å². The number of aromatic nitrogens is 4. The standard InChI is InChI=1S/C33H36N6O4/c1-33(2,3)43-32(40)39-9-5-7-25(39)31-36-15-24(38-31)19-11-21-17-41-26-12-18(10-20-16-42-27(13-19)29(21)28(20)26)23-14-35-30(37-23)22-6-4-8-34-22/h10-15,22,25,34H,4-9,16-17H2,1-3H3,(H,35,37)(H,36,38)/t22-,25-/m0/s1. The number of imidazole rings is 2. The van der Waals surface area contributed by atoms with Gasteiger partial charge in [0.1, 0.15) is 42.0 Å². The molecule has 0 unspecified atom stereocenters. The second kappa shape index (κ2) is 9.87. The molecule has 8 rings (SSSR count). The molecule has 0 aliphatic carbocycles. The Hall–Kier alpha value is -4.31. The molecule has 2 fully saturated rings. The van der Waals surface area contributed by atoms with Crippen LogP contribution in [0, 0.1) is 0 Å².